The molecule has 0 heterocycles. The van der Waals surface area contributed by atoms with E-state index in [1.165, 1.54) is 0 Å². The quantitative estimate of drug-likeness (QED) is 0.683. The molecular formula is C8H10CoO. The molecule has 0 bridgehead atoms. The molecule has 0 spiro atoms. The summed E-state index contributed by atoms with van der Waals surface area (Å²) in [5, 5.41) is 0.702. The molecule has 0 atom stereocenters. The van der Waals surface area contributed by atoms with E-state index in [0.717, 1.165) is 5.56 Å². The standard InChI is InChI=1S/C7H7.CH3.Co.O/c1-7-5-3-2-4-6-7;;;/h2-6H,1H2;1H3;;. The van der Waals surface area contributed by atoms with E-state index in [1.54, 1.807) is 5.86 Å². The molecule has 0 saturated carbocycles. The molecule has 0 aromatic heterocycles. The fraction of sp³-hybridized carbons (Fsp3) is 0.250. The SMILES string of the molecule is [CH3][Co](=[O])[CH2]c1ccccc1. The Balaban J connectivity index is 2.67. The van der Waals surface area contributed by atoms with Crippen LogP contribution in [0, 0.1) is 0 Å². The first-order valence-corrected chi connectivity index (χ1v) is 5.17. The van der Waals surface area contributed by atoms with Crippen molar-refractivity contribution in [3.63, 3.8) is 0 Å². The molecule has 0 aliphatic rings. The molecule has 0 aliphatic carbocycles. The van der Waals surface area contributed by atoms with Gasteiger partial charge in [0.15, 0.2) is 0 Å². The van der Waals surface area contributed by atoms with Gasteiger partial charge in [-0.05, 0) is 0 Å². The fourth-order valence-electron chi connectivity index (χ4n) is 0.748. The van der Waals surface area contributed by atoms with Crippen LogP contribution in [0.4, 0.5) is 0 Å². The molecule has 1 aromatic rings. The summed E-state index contributed by atoms with van der Waals surface area (Å²) in [5.74, 6) is 1.75. The minimum absolute atomic E-state index is 0.702. The molecule has 0 saturated heterocycles. The molecule has 0 amide bonds. The van der Waals surface area contributed by atoms with Gasteiger partial charge in [-0.2, -0.15) is 0 Å². The molecule has 0 fully saturated rings. The van der Waals surface area contributed by atoms with Gasteiger partial charge in [-0.3, -0.25) is 0 Å². The van der Waals surface area contributed by atoms with Crippen molar-refractivity contribution in [3.05, 3.63) is 35.9 Å². The molecule has 0 N–H and O–H groups in total. The van der Waals surface area contributed by atoms with Crippen LogP contribution in [0.2, 0.25) is 5.86 Å². The molecule has 1 nitrogen and oxygen atoms in total. The number of rotatable bonds is 2. The molecule has 0 aliphatic heterocycles. The van der Waals surface area contributed by atoms with Crippen LogP contribution < -0.4 is 0 Å². The number of benzene rings is 1. The maximum absolute atomic E-state index is 10.8. The Labute approximate surface area is 65.0 Å². The second-order valence-electron chi connectivity index (χ2n) is 2.07. The summed E-state index contributed by atoms with van der Waals surface area (Å²) in [4.78, 5) is 0. The van der Waals surface area contributed by atoms with Crippen molar-refractivity contribution in [1.82, 2.24) is 0 Å². The van der Waals surface area contributed by atoms with Crippen LogP contribution in [0.3, 0.4) is 0 Å². The third-order valence-electron chi connectivity index (χ3n) is 1.14. The van der Waals surface area contributed by atoms with Crippen LogP contribution in [0.1, 0.15) is 5.56 Å². The summed E-state index contributed by atoms with van der Waals surface area (Å²) in [7, 11) is 0. The number of hydrogen-bond donors (Lipinski definition) is 0. The Bertz CT molecular complexity index is 218. The predicted octanol–water partition coefficient (Wildman–Crippen LogP) is 2.20. The zero-order chi connectivity index (χ0) is 7.40. The topological polar surface area (TPSA) is 17.1 Å². The van der Waals surface area contributed by atoms with E-state index in [4.69, 9.17) is 0 Å². The van der Waals surface area contributed by atoms with Gasteiger partial charge in [0.25, 0.3) is 0 Å². The zero-order valence-electron chi connectivity index (χ0n) is 5.84. The summed E-state index contributed by atoms with van der Waals surface area (Å²) in [6, 6.07) is 9.89. The molecule has 0 unspecified atom stereocenters. The van der Waals surface area contributed by atoms with Gasteiger partial charge >= 0.3 is 64.6 Å². The van der Waals surface area contributed by atoms with Crippen LogP contribution in [-0.2, 0) is 22.8 Å². The van der Waals surface area contributed by atoms with E-state index in [9.17, 15) is 3.87 Å². The Kier molecular flexibility index (Phi) is 2.77. The third kappa shape index (κ3) is 2.41. The van der Waals surface area contributed by atoms with Crippen molar-refractivity contribution in [2.45, 2.75) is 11.2 Å². The predicted molar refractivity (Wildman–Crippen MR) is 36.7 cm³/mol. The van der Waals surface area contributed by atoms with Crippen molar-refractivity contribution >= 4 is 0 Å². The Hall–Kier alpha value is -0.474. The molecular weight excluding hydrogens is 171 g/mol. The number of hydrogen-bond acceptors (Lipinski definition) is 1. The monoisotopic (exact) mass is 181 g/mol. The summed E-state index contributed by atoms with van der Waals surface area (Å²) >= 11 is -1.01. The molecule has 1 aromatic carbocycles. The van der Waals surface area contributed by atoms with Crippen LogP contribution in [0.15, 0.2) is 30.3 Å². The van der Waals surface area contributed by atoms with Crippen molar-refractivity contribution in [1.29, 1.82) is 0 Å². The van der Waals surface area contributed by atoms with Gasteiger partial charge in [0.1, 0.15) is 0 Å². The van der Waals surface area contributed by atoms with E-state index in [2.05, 4.69) is 0 Å². The first kappa shape index (κ1) is 7.63. The van der Waals surface area contributed by atoms with Crippen LogP contribution in [0.25, 0.3) is 0 Å². The summed E-state index contributed by atoms with van der Waals surface area (Å²) in [5.41, 5.74) is 1.16. The van der Waals surface area contributed by atoms with E-state index in [-0.39, 0.29) is 0 Å². The van der Waals surface area contributed by atoms with Gasteiger partial charge in [-0.25, -0.2) is 0 Å². The van der Waals surface area contributed by atoms with E-state index >= 15 is 0 Å². The Morgan fingerprint density at radius 3 is 2.40 bits per heavy atom. The minimum atomic E-state index is -1.01. The first-order chi connectivity index (χ1) is 4.79. The van der Waals surface area contributed by atoms with E-state index < -0.39 is 13.6 Å². The molecule has 10 heavy (non-hydrogen) atoms. The maximum atomic E-state index is 10.8. The van der Waals surface area contributed by atoms with Crippen molar-refractivity contribution in [2.24, 2.45) is 0 Å². The van der Waals surface area contributed by atoms with Gasteiger partial charge in [0.05, 0.1) is 0 Å². The first-order valence-electron chi connectivity index (χ1n) is 2.97. The fourth-order valence-corrected chi connectivity index (χ4v) is 1.59. The van der Waals surface area contributed by atoms with E-state index in [0.29, 0.717) is 5.36 Å². The molecule has 0 radical (unpaired) electrons. The van der Waals surface area contributed by atoms with Gasteiger partial charge in [-0.1, -0.05) is 0 Å². The average Bonchev–Trinajstić information content (AvgIpc) is 1.88. The summed E-state index contributed by atoms with van der Waals surface area (Å²) in [6.07, 6.45) is 0. The summed E-state index contributed by atoms with van der Waals surface area (Å²) < 4.78 is 10.8. The molecule has 57 valence electrons. The Morgan fingerprint density at radius 1 is 1.30 bits per heavy atom. The van der Waals surface area contributed by atoms with Crippen molar-refractivity contribution in [3.8, 4) is 0 Å². The van der Waals surface area contributed by atoms with Gasteiger partial charge < -0.3 is 0 Å². The van der Waals surface area contributed by atoms with E-state index in [1.807, 2.05) is 30.3 Å². The second-order valence-corrected chi connectivity index (χ2v) is 3.90. The molecule has 2 heteroatoms. The zero-order valence-corrected chi connectivity index (χ0v) is 6.88. The van der Waals surface area contributed by atoms with Crippen LogP contribution in [-0.4, -0.2) is 0 Å². The van der Waals surface area contributed by atoms with Crippen LogP contribution >= 0.6 is 0 Å². The molecule has 1 rings (SSSR count). The second kappa shape index (κ2) is 3.64. The van der Waals surface area contributed by atoms with Gasteiger partial charge in [0.2, 0.25) is 0 Å². The summed E-state index contributed by atoms with van der Waals surface area (Å²) in [6.45, 7) is 0. The van der Waals surface area contributed by atoms with Crippen molar-refractivity contribution in [2.75, 3.05) is 0 Å². The average molecular weight is 181 g/mol. The Morgan fingerprint density at radius 2 is 1.90 bits per heavy atom. The third-order valence-corrected chi connectivity index (χ3v) is 2.09. The normalized spacial score (nSPS) is 11.1. The van der Waals surface area contributed by atoms with Crippen LogP contribution in [0.5, 0.6) is 0 Å². The van der Waals surface area contributed by atoms with Crippen molar-refractivity contribution < 1.29 is 17.5 Å². The van der Waals surface area contributed by atoms with Gasteiger partial charge in [0, 0.05) is 0 Å². The van der Waals surface area contributed by atoms with Gasteiger partial charge in [-0.15, -0.1) is 0 Å².